The van der Waals surface area contributed by atoms with Gasteiger partial charge in [-0.3, -0.25) is 4.79 Å². The number of hydrogen-bond acceptors (Lipinski definition) is 2. The number of carbonyl (C=O) groups excluding carboxylic acids is 1. The van der Waals surface area contributed by atoms with Gasteiger partial charge in [-0.2, -0.15) is 0 Å². The van der Waals surface area contributed by atoms with Crippen LogP contribution in [0.2, 0.25) is 0 Å². The smallest absolute Gasteiger partial charge is 0.248 e. The standard InChI is InChI=1S/C16H23NO2/c1-16(2,3)19-12-15(18)17-10-8-13-6-4-5-7-14(13)9-11-17/h4-7H,8-12H2,1-3H3. The third kappa shape index (κ3) is 4.06. The van der Waals surface area contributed by atoms with Crippen molar-refractivity contribution in [2.45, 2.75) is 39.2 Å². The van der Waals surface area contributed by atoms with Crippen molar-refractivity contribution in [3.8, 4) is 0 Å². The summed E-state index contributed by atoms with van der Waals surface area (Å²) in [5, 5.41) is 0. The molecule has 0 radical (unpaired) electrons. The first-order valence-corrected chi connectivity index (χ1v) is 6.94. The third-order valence-electron chi connectivity index (χ3n) is 3.40. The highest BCUT2D eigenvalue weighted by molar-refractivity contribution is 5.77. The number of ether oxygens (including phenoxy) is 1. The Labute approximate surface area is 115 Å². The van der Waals surface area contributed by atoms with E-state index in [0.717, 1.165) is 25.9 Å². The van der Waals surface area contributed by atoms with Crippen LogP contribution in [0.1, 0.15) is 31.9 Å². The summed E-state index contributed by atoms with van der Waals surface area (Å²) in [5.41, 5.74) is 2.48. The maximum absolute atomic E-state index is 12.1. The van der Waals surface area contributed by atoms with E-state index >= 15 is 0 Å². The van der Waals surface area contributed by atoms with E-state index in [4.69, 9.17) is 4.74 Å². The Morgan fingerprint density at radius 3 is 2.16 bits per heavy atom. The average molecular weight is 261 g/mol. The summed E-state index contributed by atoms with van der Waals surface area (Å²) in [4.78, 5) is 14.1. The SMILES string of the molecule is CC(C)(C)OCC(=O)N1CCc2ccccc2CC1. The minimum Gasteiger partial charge on any atom is -0.366 e. The molecule has 1 heterocycles. The lowest BCUT2D eigenvalue weighted by molar-refractivity contribution is -0.140. The van der Waals surface area contributed by atoms with Gasteiger partial charge in [-0.25, -0.2) is 0 Å². The molecule has 0 atom stereocenters. The molecule has 0 aliphatic carbocycles. The van der Waals surface area contributed by atoms with E-state index in [0.29, 0.717) is 0 Å². The van der Waals surface area contributed by atoms with Crippen LogP contribution in [0.15, 0.2) is 24.3 Å². The molecule has 0 N–H and O–H groups in total. The second-order valence-electron chi connectivity index (χ2n) is 6.05. The van der Waals surface area contributed by atoms with Crippen molar-refractivity contribution in [2.75, 3.05) is 19.7 Å². The lowest BCUT2D eigenvalue weighted by Gasteiger charge is -2.24. The van der Waals surface area contributed by atoms with Crippen molar-refractivity contribution in [2.24, 2.45) is 0 Å². The fourth-order valence-electron chi connectivity index (χ4n) is 2.29. The van der Waals surface area contributed by atoms with Crippen molar-refractivity contribution in [1.29, 1.82) is 0 Å². The van der Waals surface area contributed by atoms with Crippen molar-refractivity contribution < 1.29 is 9.53 Å². The van der Waals surface area contributed by atoms with Crippen LogP contribution in [0.25, 0.3) is 0 Å². The van der Waals surface area contributed by atoms with Crippen molar-refractivity contribution in [1.82, 2.24) is 4.90 Å². The quantitative estimate of drug-likeness (QED) is 0.818. The summed E-state index contributed by atoms with van der Waals surface area (Å²) >= 11 is 0. The number of nitrogens with zero attached hydrogens (tertiary/aromatic N) is 1. The van der Waals surface area contributed by atoms with Crippen LogP contribution in [0.4, 0.5) is 0 Å². The maximum Gasteiger partial charge on any atom is 0.248 e. The number of hydrogen-bond donors (Lipinski definition) is 0. The van der Waals surface area contributed by atoms with Gasteiger partial charge in [0, 0.05) is 13.1 Å². The second-order valence-corrected chi connectivity index (χ2v) is 6.05. The minimum absolute atomic E-state index is 0.0998. The van der Waals surface area contributed by atoms with Gasteiger partial charge in [0.2, 0.25) is 5.91 Å². The second kappa shape index (κ2) is 5.74. The molecule has 104 valence electrons. The van der Waals surface area contributed by atoms with Crippen LogP contribution in [0.5, 0.6) is 0 Å². The summed E-state index contributed by atoms with van der Waals surface area (Å²) < 4.78 is 5.57. The van der Waals surface area contributed by atoms with E-state index in [9.17, 15) is 4.79 Å². The topological polar surface area (TPSA) is 29.5 Å². The van der Waals surface area contributed by atoms with Crippen LogP contribution in [0, 0.1) is 0 Å². The lowest BCUT2D eigenvalue weighted by atomic mass is 10.0. The first kappa shape index (κ1) is 14.1. The molecule has 0 fully saturated rings. The molecular weight excluding hydrogens is 238 g/mol. The number of amides is 1. The zero-order valence-electron chi connectivity index (χ0n) is 12.1. The van der Waals surface area contributed by atoms with Gasteiger partial charge in [-0.05, 0) is 44.7 Å². The zero-order valence-corrected chi connectivity index (χ0v) is 12.1. The summed E-state index contributed by atoms with van der Waals surface area (Å²) in [5.74, 6) is 0.0998. The predicted molar refractivity (Wildman–Crippen MR) is 76.1 cm³/mol. The minimum atomic E-state index is -0.259. The van der Waals surface area contributed by atoms with Gasteiger partial charge in [-0.1, -0.05) is 24.3 Å². The summed E-state index contributed by atoms with van der Waals surface area (Å²) in [7, 11) is 0. The summed E-state index contributed by atoms with van der Waals surface area (Å²) in [6, 6.07) is 8.46. The molecule has 0 bridgehead atoms. The fourth-order valence-corrected chi connectivity index (χ4v) is 2.29. The molecule has 0 unspecified atom stereocenters. The fraction of sp³-hybridized carbons (Fsp3) is 0.562. The molecule has 0 aromatic heterocycles. The monoisotopic (exact) mass is 261 g/mol. The molecule has 1 aromatic carbocycles. The van der Waals surface area contributed by atoms with Crippen LogP contribution in [0.3, 0.4) is 0 Å². The molecule has 0 saturated heterocycles. The predicted octanol–water partition coefficient (Wildman–Crippen LogP) is 2.43. The number of fused-ring (bicyclic) bond motifs is 1. The Kier molecular flexibility index (Phi) is 4.25. The molecule has 0 spiro atoms. The van der Waals surface area contributed by atoms with Crippen LogP contribution in [-0.2, 0) is 22.4 Å². The van der Waals surface area contributed by atoms with E-state index in [-0.39, 0.29) is 18.1 Å². The van der Waals surface area contributed by atoms with Crippen molar-refractivity contribution in [3.05, 3.63) is 35.4 Å². The van der Waals surface area contributed by atoms with E-state index in [2.05, 4.69) is 24.3 Å². The Morgan fingerprint density at radius 2 is 1.68 bits per heavy atom. The van der Waals surface area contributed by atoms with Gasteiger partial charge in [0.15, 0.2) is 0 Å². The van der Waals surface area contributed by atoms with Crippen molar-refractivity contribution in [3.63, 3.8) is 0 Å². The molecular formula is C16H23NO2. The maximum atomic E-state index is 12.1. The molecule has 0 saturated carbocycles. The van der Waals surface area contributed by atoms with Gasteiger partial charge < -0.3 is 9.64 Å². The van der Waals surface area contributed by atoms with Gasteiger partial charge in [0.1, 0.15) is 6.61 Å². The average Bonchev–Trinajstić information content (AvgIpc) is 2.57. The van der Waals surface area contributed by atoms with E-state index in [1.807, 2.05) is 25.7 Å². The first-order valence-electron chi connectivity index (χ1n) is 6.94. The number of carbonyl (C=O) groups is 1. The zero-order chi connectivity index (χ0) is 13.9. The van der Waals surface area contributed by atoms with Crippen LogP contribution in [-0.4, -0.2) is 36.1 Å². The molecule has 1 aliphatic rings. The Morgan fingerprint density at radius 1 is 1.16 bits per heavy atom. The summed E-state index contributed by atoms with van der Waals surface area (Å²) in [6.45, 7) is 7.68. The van der Waals surface area contributed by atoms with Crippen LogP contribution < -0.4 is 0 Å². The molecule has 1 aliphatic heterocycles. The largest absolute Gasteiger partial charge is 0.366 e. The molecule has 19 heavy (non-hydrogen) atoms. The summed E-state index contributed by atoms with van der Waals surface area (Å²) in [6.07, 6.45) is 1.88. The third-order valence-corrected chi connectivity index (χ3v) is 3.40. The lowest BCUT2D eigenvalue weighted by Crippen LogP contribution is -2.38. The van der Waals surface area contributed by atoms with Gasteiger partial charge in [-0.15, -0.1) is 0 Å². The van der Waals surface area contributed by atoms with E-state index in [1.54, 1.807) is 0 Å². The Bertz CT molecular complexity index is 421. The molecule has 1 aromatic rings. The Balaban J connectivity index is 1.92. The van der Waals surface area contributed by atoms with E-state index < -0.39 is 0 Å². The van der Waals surface area contributed by atoms with Crippen LogP contribution >= 0.6 is 0 Å². The van der Waals surface area contributed by atoms with Gasteiger partial charge in [0.25, 0.3) is 0 Å². The van der Waals surface area contributed by atoms with Crippen molar-refractivity contribution >= 4 is 5.91 Å². The first-order chi connectivity index (χ1) is 8.96. The number of benzene rings is 1. The highest BCUT2D eigenvalue weighted by Crippen LogP contribution is 2.16. The van der Waals surface area contributed by atoms with Gasteiger partial charge in [0.05, 0.1) is 5.60 Å². The molecule has 3 nitrogen and oxygen atoms in total. The van der Waals surface area contributed by atoms with Gasteiger partial charge >= 0.3 is 0 Å². The molecule has 3 heteroatoms. The highest BCUT2D eigenvalue weighted by atomic mass is 16.5. The molecule has 2 rings (SSSR count). The molecule has 1 amide bonds. The Hall–Kier alpha value is -1.35. The highest BCUT2D eigenvalue weighted by Gasteiger charge is 2.20. The number of rotatable bonds is 2. The van der Waals surface area contributed by atoms with E-state index in [1.165, 1.54) is 11.1 Å². The normalized spacial score (nSPS) is 15.8.